The predicted molar refractivity (Wildman–Crippen MR) is 120 cm³/mol. The van der Waals surface area contributed by atoms with Crippen LogP contribution in [0.2, 0.25) is 0 Å². The summed E-state index contributed by atoms with van der Waals surface area (Å²) >= 11 is 0. The Bertz CT molecular complexity index is 1070. The van der Waals surface area contributed by atoms with Gasteiger partial charge in [0.05, 0.1) is 13.2 Å². The van der Waals surface area contributed by atoms with E-state index in [-0.39, 0.29) is 12.0 Å². The minimum atomic E-state index is 0.105. The maximum Gasteiger partial charge on any atom is 0.118 e. The number of benzene rings is 4. The second-order valence-corrected chi connectivity index (χ2v) is 7.41. The highest BCUT2D eigenvalue weighted by molar-refractivity contribution is 5.79. The van der Waals surface area contributed by atoms with E-state index in [2.05, 4.69) is 90.2 Å². The van der Waals surface area contributed by atoms with Crippen LogP contribution < -0.4 is 10.1 Å². The molecule has 2 heteroatoms. The van der Waals surface area contributed by atoms with Crippen LogP contribution in [0.4, 0.5) is 5.69 Å². The second-order valence-electron chi connectivity index (χ2n) is 7.41. The number of anilines is 1. The van der Waals surface area contributed by atoms with Crippen molar-refractivity contribution in [1.29, 1.82) is 0 Å². The molecule has 1 N–H and O–H groups in total. The molecule has 0 heterocycles. The second kappa shape index (κ2) is 7.48. The number of methoxy groups -OCH3 is 1. The Morgan fingerprint density at radius 1 is 0.655 bits per heavy atom. The highest BCUT2D eigenvalue weighted by atomic mass is 16.5. The molecule has 4 aromatic rings. The maximum atomic E-state index is 5.38. The van der Waals surface area contributed by atoms with Gasteiger partial charge in [0.1, 0.15) is 5.75 Å². The summed E-state index contributed by atoms with van der Waals surface area (Å²) in [6.45, 7) is 0. The summed E-state index contributed by atoms with van der Waals surface area (Å²) in [5.74, 6) is 1.11. The Morgan fingerprint density at radius 3 is 1.79 bits per heavy atom. The van der Waals surface area contributed by atoms with Crippen molar-refractivity contribution in [1.82, 2.24) is 0 Å². The number of fused-ring (bicyclic) bond motifs is 3. The SMILES string of the molecule is COc1ccc(C(Nc2ccccc2)C2c3ccccc3-c3ccccc32)cc1. The summed E-state index contributed by atoms with van der Waals surface area (Å²) in [6, 6.07) is 36.5. The fourth-order valence-corrected chi connectivity index (χ4v) is 4.44. The van der Waals surface area contributed by atoms with Gasteiger partial charge in [0.2, 0.25) is 0 Å². The molecule has 0 fully saturated rings. The van der Waals surface area contributed by atoms with E-state index in [9.17, 15) is 0 Å². The lowest BCUT2D eigenvalue weighted by Gasteiger charge is -2.28. The van der Waals surface area contributed by atoms with E-state index in [1.807, 2.05) is 18.2 Å². The van der Waals surface area contributed by atoms with Crippen molar-refractivity contribution >= 4 is 5.69 Å². The summed E-state index contributed by atoms with van der Waals surface area (Å²) in [7, 11) is 1.71. The first-order chi connectivity index (χ1) is 14.3. The molecule has 0 aromatic heterocycles. The molecule has 0 saturated carbocycles. The number of para-hydroxylation sites is 1. The molecule has 0 saturated heterocycles. The van der Waals surface area contributed by atoms with Crippen LogP contribution >= 0.6 is 0 Å². The molecule has 0 radical (unpaired) electrons. The fraction of sp³-hybridized carbons (Fsp3) is 0.111. The van der Waals surface area contributed by atoms with Gasteiger partial charge < -0.3 is 10.1 Å². The van der Waals surface area contributed by atoms with Gasteiger partial charge in [-0.2, -0.15) is 0 Å². The van der Waals surface area contributed by atoms with Gasteiger partial charge in [0.25, 0.3) is 0 Å². The average molecular weight is 377 g/mol. The summed E-state index contributed by atoms with van der Waals surface area (Å²) in [5.41, 5.74) is 7.78. The molecule has 1 atom stereocenters. The van der Waals surface area contributed by atoms with E-state index in [1.54, 1.807) is 7.11 Å². The molecule has 1 aliphatic rings. The lowest BCUT2D eigenvalue weighted by molar-refractivity contribution is 0.414. The van der Waals surface area contributed by atoms with Crippen LogP contribution in [0, 0.1) is 0 Å². The van der Waals surface area contributed by atoms with Gasteiger partial charge in [-0.3, -0.25) is 0 Å². The number of hydrogen-bond donors (Lipinski definition) is 1. The average Bonchev–Trinajstić information content (AvgIpc) is 3.13. The third-order valence-corrected chi connectivity index (χ3v) is 5.79. The topological polar surface area (TPSA) is 21.3 Å². The summed E-state index contributed by atoms with van der Waals surface area (Å²) in [4.78, 5) is 0. The minimum absolute atomic E-state index is 0.105. The molecule has 29 heavy (non-hydrogen) atoms. The van der Waals surface area contributed by atoms with Crippen LogP contribution in [0.1, 0.15) is 28.7 Å². The summed E-state index contributed by atoms with van der Waals surface area (Å²) in [5, 5.41) is 3.82. The Morgan fingerprint density at radius 2 is 1.21 bits per heavy atom. The van der Waals surface area contributed by atoms with Gasteiger partial charge in [-0.1, -0.05) is 78.9 Å². The Balaban J connectivity index is 1.66. The third-order valence-electron chi connectivity index (χ3n) is 5.79. The van der Waals surface area contributed by atoms with Gasteiger partial charge in [0, 0.05) is 11.6 Å². The molecule has 2 nitrogen and oxygen atoms in total. The van der Waals surface area contributed by atoms with Crippen LogP contribution in [0.5, 0.6) is 5.75 Å². The standard InChI is InChI=1S/C27H23NO/c1-29-21-17-15-19(16-18-21)27(28-20-9-3-2-4-10-20)26-24-13-7-5-11-22(24)23-12-6-8-14-25(23)26/h2-18,26-28H,1H3. The molecule has 1 unspecified atom stereocenters. The van der Waals surface area contributed by atoms with Crippen LogP contribution in [-0.2, 0) is 0 Å². The summed E-state index contributed by atoms with van der Waals surface area (Å²) < 4.78 is 5.38. The zero-order valence-corrected chi connectivity index (χ0v) is 16.4. The zero-order chi connectivity index (χ0) is 19.6. The summed E-state index contributed by atoms with van der Waals surface area (Å²) in [6.07, 6.45) is 0. The van der Waals surface area contributed by atoms with Crippen LogP contribution in [-0.4, -0.2) is 7.11 Å². The zero-order valence-electron chi connectivity index (χ0n) is 16.4. The van der Waals surface area contributed by atoms with Gasteiger partial charge in [-0.05, 0) is 52.1 Å². The quantitative estimate of drug-likeness (QED) is 0.420. The van der Waals surface area contributed by atoms with Crippen molar-refractivity contribution in [3.05, 3.63) is 120 Å². The van der Waals surface area contributed by atoms with E-state index in [4.69, 9.17) is 4.74 Å². The van der Waals surface area contributed by atoms with E-state index in [1.165, 1.54) is 27.8 Å². The highest BCUT2D eigenvalue weighted by Gasteiger charge is 2.35. The first kappa shape index (κ1) is 17.6. The number of rotatable bonds is 5. The maximum absolute atomic E-state index is 5.38. The first-order valence-corrected chi connectivity index (χ1v) is 9.99. The molecule has 142 valence electrons. The van der Waals surface area contributed by atoms with Gasteiger partial charge in [-0.15, -0.1) is 0 Å². The Kier molecular flexibility index (Phi) is 4.53. The molecule has 1 aliphatic carbocycles. The normalized spacial score (nSPS) is 13.4. The van der Waals surface area contributed by atoms with Crippen LogP contribution in [0.15, 0.2) is 103 Å². The Labute approximate surface area is 171 Å². The Hall–Kier alpha value is -3.52. The van der Waals surface area contributed by atoms with E-state index in [0.717, 1.165) is 11.4 Å². The van der Waals surface area contributed by atoms with E-state index in [0.29, 0.717) is 0 Å². The smallest absolute Gasteiger partial charge is 0.118 e. The highest BCUT2D eigenvalue weighted by Crippen LogP contribution is 2.50. The molecular weight excluding hydrogens is 354 g/mol. The largest absolute Gasteiger partial charge is 0.497 e. The fourth-order valence-electron chi connectivity index (χ4n) is 4.44. The third kappa shape index (κ3) is 3.17. The molecule has 0 aliphatic heterocycles. The predicted octanol–water partition coefficient (Wildman–Crippen LogP) is 6.66. The van der Waals surface area contributed by atoms with Crippen molar-refractivity contribution < 1.29 is 4.74 Å². The molecule has 0 spiro atoms. The molecule has 0 bridgehead atoms. The lowest BCUT2D eigenvalue weighted by Crippen LogP contribution is -2.19. The van der Waals surface area contributed by atoms with E-state index >= 15 is 0 Å². The van der Waals surface area contributed by atoms with Crippen LogP contribution in [0.25, 0.3) is 11.1 Å². The molecule has 0 amide bonds. The first-order valence-electron chi connectivity index (χ1n) is 9.99. The number of nitrogens with one attached hydrogen (secondary N) is 1. The van der Waals surface area contributed by atoms with Crippen molar-refractivity contribution in [3.63, 3.8) is 0 Å². The van der Waals surface area contributed by atoms with Gasteiger partial charge >= 0.3 is 0 Å². The van der Waals surface area contributed by atoms with Gasteiger partial charge in [0.15, 0.2) is 0 Å². The van der Waals surface area contributed by atoms with Crippen LogP contribution in [0.3, 0.4) is 0 Å². The monoisotopic (exact) mass is 377 g/mol. The van der Waals surface area contributed by atoms with Crippen molar-refractivity contribution in [2.24, 2.45) is 0 Å². The molecule has 4 aromatic carbocycles. The van der Waals surface area contributed by atoms with Crippen molar-refractivity contribution in [3.8, 4) is 16.9 Å². The minimum Gasteiger partial charge on any atom is -0.497 e. The number of hydrogen-bond acceptors (Lipinski definition) is 2. The molecular formula is C27H23NO. The van der Waals surface area contributed by atoms with Gasteiger partial charge in [-0.25, -0.2) is 0 Å². The van der Waals surface area contributed by atoms with Crippen molar-refractivity contribution in [2.45, 2.75) is 12.0 Å². The number of ether oxygens (including phenoxy) is 1. The molecule has 5 rings (SSSR count). The lowest BCUT2D eigenvalue weighted by atomic mass is 9.85. The van der Waals surface area contributed by atoms with E-state index < -0.39 is 0 Å². The van der Waals surface area contributed by atoms with Crippen molar-refractivity contribution in [2.75, 3.05) is 12.4 Å².